The molecule has 0 unspecified atom stereocenters. The first-order chi connectivity index (χ1) is 13.9. The molecular weight excluding hydrogens is 392 g/mol. The highest BCUT2D eigenvalue weighted by atomic mass is 32.2. The lowest BCUT2D eigenvalue weighted by Gasteiger charge is -2.30. The average Bonchev–Trinajstić information content (AvgIpc) is 3.25. The summed E-state index contributed by atoms with van der Waals surface area (Å²) in [6.07, 6.45) is 9.14. The van der Waals surface area contributed by atoms with Gasteiger partial charge in [-0.3, -0.25) is 4.79 Å². The van der Waals surface area contributed by atoms with Gasteiger partial charge in [0.2, 0.25) is 10.0 Å². The zero-order valence-electron chi connectivity index (χ0n) is 16.9. The van der Waals surface area contributed by atoms with Gasteiger partial charge in [0.25, 0.3) is 5.91 Å². The summed E-state index contributed by atoms with van der Waals surface area (Å²) in [6, 6.07) is 5.90. The molecule has 7 nitrogen and oxygen atoms in total. The molecule has 0 aliphatic heterocycles. The first kappa shape index (κ1) is 21.8. The van der Waals surface area contributed by atoms with Crippen LogP contribution in [0.3, 0.4) is 0 Å². The van der Waals surface area contributed by atoms with Gasteiger partial charge >= 0.3 is 5.97 Å². The number of hydrogen-bond donors (Lipinski definition) is 1. The van der Waals surface area contributed by atoms with Crippen molar-refractivity contribution >= 4 is 21.9 Å². The monoisotopic (exact) mass is 422 g/mol. The largest absolute Gasteiger partial charge is 0.452 e. The van der Waals surface area contributed by atoms with Gasteiger partial charge < -0.3 is 10.1 Å². The Morgan fingerprint density at radius 2 is 1.59 bits per heavy atom. The van der Waals surface area contributed by atoms with Crippen molar-refractivity contribution in [2.45, 2.75) is 74.8 Å². The summed E-state index contributed by atoms with van der Waals surface area (Å²) >= 11 is 0. The molecule has 2 aliphatic rings. The standard InChI is InChI=1S/C21H30N2O5S/c1-23(18-9-3-2-4-10-18)29(26,27)19-13-11-16(12-14-19)21(25)28-15-20(24)22-17-7-5-6-8-17/h11-14,17-18H,2-10,15H2,1H3,(H,22,24). The van der Waals surface area contributed by atoms with Crippen LogP contribution in [-0.2, 0) is 19.6 Å². The molecule has 0 bridgehead atoms. The van der Waals surface area contributed by atoms with E-state index in [1.54, 1.807) is 7.05 Å². The van der Waals surface area contributed by atoms with Crippen LogP contribution in [0.25, 0.3) is 0 Å². The van der Waals surface area contributed by atoms with E-state index in [-0.39, 0.29) is 35.1 Å². The third-order valence-corrected chi connectivity index (χ3v) is 7.83. The van der Waals surface area contributed by atoms with Gasteiger partial charge in [0.05, 0.1) is 10.5 Å². The molecule has 0 spiro atoms. The van der Waals surface area contributed by atoms with Gasteiger partial charge in [-0.2, -0.15) is 4.31 Å². The molecule has 2 saturated carbocycles. The van der Waals surface area contributed by atoms with Crippen molar-refractivity contribution < 1.29 is 22.7 Å². The molecule has 0 aromatic heterocycles. The molecule has 2 aliphatic carbocycles. The predicted octanol–water partition coefficient (Wildman–Crippen LogP) is 2.86. The maximum atomic E-state index is 12.8. The smallest absolute Gasteiger partial charge is 0.338 e. The lowest BCUT2D eigenvalue weighted by Crippen LogP contribution is -2.38. The molecule has 0 heterocycles. The minimum Gasteiger partial charge on any atom is -0.452 e. The van der Waals surface area contributed by atoms with Gasteiger partial charge in [0, 0.05) is 19.1 Å². The molecule has 29 heavy (non-hydrogen) atoms. The van der Waals surface area contributed by atoms with E-state index >= 15 is 0 Å². The first-order valence-electron chi connectivity index (χ1n) is 10.4. The van der Waals surface area contributed by atoms with E-state index in [9.17, 15) is 18.0 Å². The third kappa shape index (κ3) is 5.57. The predicted molar refractivity (Wildman–Crippen MR) is 109 cm³/mol. The molecule has 1 aromatic rings. The lowest BCUT2D eigenvalue weighted by atomic mass is 9.96. The molecule has 1 amide bonds. The highest BCUT2D eigenvalue weighted by molar-refractivity contribution is 7.89. The fourth-order valence-electron chi connectivity index (χ4n) is 4.12. The van der Waals surface area contributed by atoms with E-state index in [1.807, 2.05) is 0 Å². The number of nitrogens with zero attached hydrogens (tertiary/aromatic N) is 1. The van der Waals surface area contributed by atoms with E-state index in [0.29, 0.717) is 0 Å². The third-order valence-electron chi connectivity index (χ3n) is 5.91. The second-order valence-corrected chi connectivity index (χ2v) is 9.96. The van der Waals surface area contributed by atoms with Crippen LogP contribution in [0.15, 0.2) is 29.2 Å². The molecular formula is C21H30N2O5S. The minimum absolute atomic E-state index is 0.0248. The number of esters is 1. The van der Waals surface area contributed by atoms with Crippen LogP contribution in [0.1, 0.15) is 68.1 Å². The van der Waals surface area contributed by atoms with E-state index in [4.69, 9.17) is 4.74 Å². The number of hydrogen-bond acceptors (Lipinski definition) is 5. The van der Waals surface area contributed by atoms with Crippen molar-refractivity contribution in [3.63, 3.8) is 0 Å². The van der Waals surface area contributed by atoms with Crippen LogP contribution in [0.4, 0.5) is 0 Å². The highest BCUT2D eigenvalue weighted by Crippen LogP contribution is 2.26. The van der Waals surface area contributed by atoms with Crippen LogP contribution in [-0.4, -0.2) is 50.3 Å². The molecule has 2 fully saturated rings. The lowest BCUT2D eigenvalue weighted by molar-refractivity contribution is -0.124. The van der Waals surface area contributed by atoms with E-state index < -0.39 is 16.0 Å². The first-order valence-corrected chi connectivity index (χ1v) is 11.9. The number of amides is 1. The summed E-state index contributed by atoms with van der Waals surface area (Å²) in [5, 5.41) is 2.86. The zero-order chi connectivity index (χ0) is 20.9. The second-order valence-electron chi connectivity index (χ2n) is 7.96. The van der Waals surface area contributed by atoms with Crippen LogP contribution in [0.5, 0.6) is 0 Å². The second kappa shape index (κ2) is 9.71. The van der Waals surface area contributed by atoms with Crippen molar-refractivity contribution in [3.8, 4) is 0 Å². The van der Waals surface area contributed by atoms with Gasteiger partial charge in [-0.05, 0) is 49.9 Å². The van der Waals surface area contributed by atoms with Crippen molar-refractivity contribution in [3.05, 3.63) is 29.8 Å². The Balaban J connectivity index is 1.55. The van der Waals surface area contributed by atoms with Gasteiger partial charge in [0.1, 0.15) is 0 Å². The summed E-state index contributed by atoms with van der Waals surface area (Å²) in [4.78, 5) is 24.2. The summed E-state index contributed by atoms with van der Waals surface area (Å²) in [5.74, 6) is -0.949. The quantitative estimate of drug-likeness (QED) is 0.682. The van der Waals surface area contributed by atoms with Gasteiger partial charge in [-0.1, -0.05) is 32.1 Å². The molecule has 1 aromatic carbocycles. The number of carbonyl (C=O) groups excluding carboxylic acids is 2. The number of nitrogens with one attached hydrogen (secondary N) is 1. The van der Waals surface area contributed by atoms with Crippen molar-refractivity contribution in [1.29, 1.82) is 0 Å². The van der Waals surface area contributed by atoms with Crippen LogP contribution >= 0.6 is 0 Å². The van der Waals surface area contributed by atoms with E-state index in [1.165, 1.54) is 28.6 Å². The van der Waals surface area contributed by atoms with E-state index in [2.05, 4.69) is 5.32 Å². The van der Waals surface area contributed by atoms with Crippen LogP contribution in [0, 0.1) is 0 Å². The Morgan fingerprint density at radius 1 is 1.00 bits per heavy atom. The number of sulfonamides is 1. The van der Waals surface area contributed by atoms with Crippen molar-refractivity contribution in [1.82, 2.24) is 9.62 Å². The Kier molecular flexibility index (Phi) is 7.29. The molecule has 3 rings (SSSR count). The number of benzene rings is 1. The average molecular weight is 423 g/mol. The summed E-state index contributed by atoms with van der Waals surface area (Å²) < 4.78 is 32.2. The number of carbonyl (C=O) groups is 2. The minimum atomic E-state index is -3.60. The summed E-state index contributed by atoms with van der Waals surface area (Å²) in [5.41, 5.74) is 0.220. The molecule has 160 valence electrons. The van der Waals surface area contributed by atoms with E-state index in [0.717, 1.165) is 57.8 Å². The Hall–Kier alpha value is -1.93. The van der Waals surface area contributed by atoms with Crippen molar-refractivity contribution in [2.75, 3.05) is 13.7 Å². The van der Waals surface area contributed by atoms with Gasteiger partial charge in [0.15, 0.2) is 6.61 Å². The number of rotatable bonds is 7. The molecule has 0 radical (unpaired) electrons. The Morgan fingerprint density at radius 3 is 2.21 bits per heavy atom. The Bertz CT molecular complexity index is 810. The van der Waals surface area contributed by atoms with Crippen LogP contribution < -0.4 is 5.32 Å². The van der Waals surface area contributed by atoms with Gasteiger partial charge in [-0.15, -0.1) is 0 Å². The maximum absolute atomic E-state index is 12.8. The molecule has 1 N–H and O–H groups in total. The summed E-state index contributed by atoms with van der Waals surface area (Å²) in [7, 11) is -1.98. The molecule has 0 atom stereocenters. The van der Waals surface area contributed by atoms with Gasteiger partial charge in [-0.25, -0.2) is 13.2 Å². The van der Waals surface area contributed by atoms with Crippen LogP contribution in [0.2, 0.25) is 0 Å². The fourth-order valence-corrected chi connectivity index (χ4v) is 5.54. The topological polar surface area (TPSA) is 92.8 Å². The summed E-state index contributed by atoms with van der Waals surface area (Å²) in [6.45, 7) is -0.334. The number of ether oxygens (including phenoxy) is 1. The SMILES string of the molecule is CN(C1CCCCC1)S(=O)(=O)c1ccc(C(=O)OCC(=O)NC2CCCC2)cc1. The van der Waals surface area contributed by atoms with Crippen molar-refractivity contribution in [2.24, 2.45) is 0 Å². The fraction of sp³-hybridized carbons (Fsp3) is 0.619. The molecule has 0 saturated heterocycles. The normalized spacial score (nSPS) is 18.7. The Labute approximate surface area is 172 Å². The zero-order valence-corrected chi connectivity index (χ0v) is 17.7. The highest BCUT2D eigenvalue weighted by Gasteiger charge is 2.29. The maximum Gasteiger partial charge on any atom is 0.338 e. The molecule has 8 heteroatoms.